The fraction of sp³-hybridized carbons (Fsp3) is 0.297. The lowest BCUT2D eigenvalue weighted by molar-refractivity contribution is -0.192. The molecule has 1 N–H and O–H groups in total. The Labute approximate surface area is 276 Å². The van der Waals surface area contributed by atoms with Gasteiger partial charge in [-0.25, -0.2) is 9.18 Å². The van der Waals surface area contributed by atoms with Gasteiger partial charge in [0.1, 0.15) is 5.82 Å². The van der Waals surface area contributed by atoms with Crippen molar-refractivity contribution in [1.82, 2.24) is 9.80 Å². The molecule has 0 unspecified atom stereocenters. The van der Waals surface area contributed by atoms with E-state index in [0.29, 0.717) is 13.1 Å². The van der Waals surface area contributed by atoms with Crippen molar-refractivity contribution in [3.63, 3.8) is 0 Å². The molecular weight excluding hydrogens is 632 g/mol. The largest absolute Gasteiger partial charge is 0.490 e. The highest BCUT2D eigenvalue weighted by atomic mass is 35.5. The summed E-state index contributed by atoms with van der Waals surface area (Å²) in [6.45, 7) is 3.92. The average Bonchev–Trinajstić information content (AvgIpc) is 3.05. The van der Waals surface area contributed by atoms with Crippen LogP contribution in [0.3, 0.4) is 0 Å². The van der Waals surface area contributed by atoms with E-state index in [1.807, 2.05) is 41.3 Å². The minimum Gasteiger partial charge on any atom is -0.475 e. The first-order valence-corrected chi connectivity index (χ1v) is 15.8. The zero-order valence-electron chi connectivity index (χ0n) is 25.5. The van der Waals surface area contributed by atoms with Gasteiger partial charge in [0.15, 0.2) is 0 Å². The van der Waals surface area contributed by atoms with Crippen molar-refractivity contribution >= 4 is 23.5 Å². The molecular formula is C37H35ClF4N2O3. The smallest absolute Gasteiger partial charge is 0.475 e. The Balaban J connectivity index is 0.000000559. The second-order valence-corrected chi connectivity index (χ2v) is 12.5. The van der Waals surface area contributed by atoms with Gasteiger partial charge in [-0.3, -0.25) is 4.79 Å². The summed E-state index contributed by atoms with van der Waals surface area (Å²) >= 11 is 6.06. The Kier molecular flexibility index (Phi) is 10.7. The number of alkyl halides is 3. The van der Waals surface area contributed by atoms with Crippen LogP contribution in [0.1, 0.15) is 34.6 Å². The molecule has 4 aromatic rings. The number of carbonyl (C=O) groups excluding carboxylic acids is 1. The van der Waals surface area contributed by atoms with E-state index in [0.717, 1.165) is 43.1 Å². The van der Waals surface area contributed by atoms with Crippen LogP contribution >= 0.6 is 11.6 Å². The molecule has 2 fully saturated rings. The first-order valence-electron chi connectivity index (χ1n) is 15.4. The summed E-state index contributed by atoms with van der Waals surface area (Å²) in [5.41, 5.74) is 4.59. The molecule has 2 saturated heterocycles. The normalized spacial score (nSPS) is 19.2. The van der Waals surface area contributed by atoms with Crippen LogP contribution < -0.4 is 0 Å². The first kappa shape index (κ1) is 34.1. The van der Waals surface area contributed by atoms with Crippen LogP contribution in [0.15, 0.2) is 109 Å². The SMILES string of the molecule is O=C(O)C(F)(F)F.O=C([C@H]1CCN(CCc2ccc(Cl)cc2)C[C@@H]1c1ccc(F)cc1)N1CC(c2ccccc2)(c2ccccc2)C1. The molecule has 5 nitrogen and oxygen atoms in total. The van der Waals surface area contributed by atoms with Crippen LogP contribution in [0.2, 0.25) is 5.02 Å². The van der Waals surface area contributed by atoms with E-state index >= 15 is 0 Å². The van der Waals surface area contributed by atoms with Gasteiger partial charge in [0.05, 0.1) is 5.41 Å². The molecule has 4 aromatic carbocycles. The topological polar surface area (TPSA) is 60.9 Å². The van der Waals surface area contributed by atoms with Crippen LogP contribution in [-0.4, -0.2) is 65.7 Å². The van der Waals surface area contributed by atoms with Gasteiger partial charge in [0, 0.05) is 43.0 Å². The summed E-state index contributed by atoms with van der Waals surface area (Å²) in [5.74, 6) is -2.89. The number of aliphatic carboxylic acids is 1. The van der Waals surface area contributed by atoms with Crippen molar-refractivity contribution in [2.45, 2.75) is 30.4 Å². The highest BCUT2D eigenvalue weighted by Crippen LogP contribution is 2.43. The monoisotopic (exact) mass is 666 g/mol. The number of piperidine rings is 1. The number of carboxylic acid groups (broad SMARTS) is 1. The summed E-state index contributed by atoms with van der Waals surface area (Å²) in [7, 11) is 0. The zero-order valence-corrected chi connectivity index (χ0v) is 26.3. The Morgan fingerprint density at radius 3 is 1.87 bits per heavy atom. The fourth-order valence-electron chi connectivity index (χ4n) is 6.55. The summed E-state index contributed by atoms with van der Waals surface area (Å²) in [6.07, 6.45) is -3.36. The van der Waals surface area contributed by atoms with Gasteiger partial charge in [0.2, 0.25) is 5.91 Å². The Morgan fingerprint density at radius 2 is 1.36 bits per heavy atom. The number of hydrogen-bond acceptors (Lipinski definition) is 3. The highest BCUT2D eigenvalue weighted by Gasteiger charge is 2.50. The molecule has 0 bridgehead atoms. The van der Waals surface area contributed by atoms with Gasteiger partial charge >= 0.3 is 12.1 Å². The Bertz CT molecular complexity index is 1590. The van der Waals surface area contributed by atoms with E-state index in [2.05, 4.69) is 65.6 Å². The molecule has 2 atom stereocenters. The van der Waals surface area contributed by atoms with Crippen molar-refractivity contribution < 1.29 is 32.3 Å². The quantitative estimate of drug-likeness (QED) is 0.207. The number of halogens is 5. The van der Waals surface area contributed by atoms with Crippen LogP contribution in [0, 0.1) is 11.7 Å². The van der Waals surface area contributed by atoms with Crippen LogP contribution in [0.5, 0.6) is 0 Å². The molecule has 0 aromatic heterocycles. The first-order chi connectivity index (χ1) is 22.5. The van der Waals surface area contributed by atoms with E-state index in [1.54, 1.807) is 0 Å². The predicted octanol–water partition coefficient (Wildman–Crippen LogP) is 7.59. The lowest BCUT2D eigenvalue weighted by atomic mass is 9.67. The molecule has 10 heteroatoms. The van der Waals surface area contributed by atoms with Crippen molar-refractivity contribution in [1.29, 1.82) is 0 Å². The molecule has 246 valence electrons. The summed E-state index contributed by atoms with van der Waals surface area (Å²) in [4.78, 5) is 27.5. The Morgan fingerprint density at radius 1 is 0.830 bits per heavy atom. The van der Waals surface area contributed by atoms with E-state index in [1.165, 1.54) is 28.8 Å². The third-order valence-electron chi connectivity index (χ3n) is 9.07. The fourth-order valence-corrected chi connectivity index (χ4v) is 6.67. The predicted molar refractivity (Wildman–Crippen MR) is 173 cm³/mol. The number of rotatable bonds is 7. The number of benzene rings is 4. The number of carbonyl (C=O) groups is 2. The maximum atomic E-state index is 14.1. The van der Waals surface area contributed by atoms with E-state index < -0.39 is 12.1 Å². The Hall–Kier alpha value is -4.21. The third-order valence-corrected chi connectivity index (χ3v) is 9.32. The van der Waals surface area contributed by atoms with Crippen LogP contribution in [-0.2, 0) is 21.4 Å². The average molecular weight is 667 g/mol. The second-order valence-electron chi connectivity index (χ2n) is 12.0. The van der Waals surface area contributed by atoms with Gasteiger partial charge in [-0.05, 0) is 65.9 Å². The molecule has 47 heavy (non-hydrogen) atoms. The molecule has 0 radical (unpaired) electrons. The third kappa shape index (κ3) is 8.21. The maximum absolute atomic E-state index is 14.1. The molecule has 2 heterocycles. The van der Waals surface area contributed by atoms with Gasteiger partial charge in [-0.15, -0.1) is 0 Å². The zero-order chi connectivity index (χ0) is 33.6. The second kappa shape index (κ2) is 14.7. The number of carboxylic acids is 1. The van der Waals surface area contributed by atoms with Crippen molar-refractivity contribution in [2.24, 2.45) is 5.92 Å². The summed E-state index contributed by atoms with van der Waals surface area (Å²) in [5, 5.41) is 7.87. The molecule has 2 aliphatic heterocycles. The molecule has 2 aliphatic rings. The maximum Gasteiger partial charge on any atom is 0.490 e. The highest BCUT2D eigenvalue weighted by molar-refractivity contribution is 6.30. The molecule has 0 spiro atoms. The van der Waals surface area contributed by atoms with Gasteiger partial charge in [-0.2, -0.15) is 13.2 Å². The standard InChI is InChI=1S/C35H34ClFN2O.C2HF3O2/c36-30-15-11-26(12-16-30)19-21-38-22-20-32(33(23-38)27-13-17-31(37)18-14-27)34(40)39-24-35(25-39,28-7-3-1-4-8-28)29-9-5-2-6-10-29;3-2(4,5)1(6)7/h1-18,32-33H,19-25H2;(H,6,7)/t32-,33+;/m0./s1. The lowest BCUT2D eigenvalue weighted by Gasteiger charge is -2.53. The van der Waals surface area contributed by atoms with Crippen molar-refractivity contribution in [3.8, 4) is 0 Å². The van der Waals surface area contributed by atoms with Crippen molar-refractivity contribution in [2.75, 3.05) is 32.7 Å². The minimum atomic E-state index is -5.08. The van der Waals surface area contributed by atoms with E-state index in [9.17, 15) is 22.4 Å². The number of hydrogen-bond donors (Lipinski definition) is 1. The van der Waals surface area contributed by atoms with Gasteiger partial charge in [0.25, 0.3) is 0 Å². The van der Waals surface area contributed by atoms with Crippen molar-refractivity contribution in [3.05, 3.63) is 142 Å². The number of nitrogens with zero attached hydrogens (tertiary/aromatic N) is 2. The van der Waals surface area contributed by atoms with Crippen LogP contribution in [0.25, 0.3) is 0 Å². The van der Waals surface area contributed by atoms with Crippen LogP contribution in [0.4, 0.5) is 17.6 Å². The number of likely N-dealkylation sites (tertiary alicyclic amines) is 2. The van der Waals surface area contributed by atoms with E-state index in [4.69, 9.17) is 21.5 Å². The summed E-state index contributed by atoms with van der Waals surface area (Å²) < 4.78 is 45.6. The molecule has 1 amide bonds. The summed E-state index contributed by atoms with van der Waals surface area (Å²) in [6, 6.07) is 35.9. The van der Waals surface area contributed by atoms with Gasteiger partial charge < -0.3 is 14.9 Å². The molecule has 6 rings (SSSR count). The van der Waals surface area contributed by atoms with Gasteiger partial charge in [-0.1, -0.05) is 96.5 Å². The molecule has 0 saturated carbocycles. The lowest BCUT2D eigenvalue weighted by Crippen LogP contribution is -2.63. The minimum absolute atomic E-state index is 0.0236. The molecule has 0 aliphatic carbocycles. The number of amides is 1. The van der Waals surface area contributed by atoms with E-state index in [-0.39, 0.29) is 29.0 Å².